The molecule has 1 rings (SSSR count). The second-order valence-corrected chi connectivity index (χ2v) is 4.54. The van der Waals surface area contributed by atoms with E-state index in [0.29, 0.717) is 19.7 Å². The van der Waals surface area contributed by atoms with Crippen LogP contribution in [0.25, 0.3) is 0 Å². The molecule has 94 valence electrons. The third-order valence-electron chi connectivity index (χ3n) is 2.72. The van der Waals surface area contributed by atoms with Gasteiger partial charge in [0.2, 0.25) is 5.91 Å². The van der Waals surface area contributed by atoms with E-state index >= 15 is 0 Å². The molecule has 1 amide bonds. The molecule has 1 aliphatic rings. The Labute approximate surface area is 96.7 Å². The van der Waals surface area contributed by atoms with Crippen LogP contribution in [0.4, 0.5) is 0 Å². The van der Waals surface area contributed by atoms with E-state index in [-0.39, 0.29) is 17.9 Å². The molecule has 0 aromatic carbocycles. The Morgan fingerprint density at radius 2 is 2.31 bits per heavy atom. The van der Waals surface area contributed by atoms with Gasteiger partial charge < -0.3 is 20.5 Å². The molecule has 0 spiro atoms. The first-order valence-corrected chi connectivity index (χ1v) is 5.78. The van der Waals surface area contributed by atoms with Crippen LogP contribution >= 0.6 is 0 Å². The zero-order valence-electron chi connectivity index (χ0n) is 10.3. The minimum absolute atomic E-state index is 0.00157. The van der Waals surface area contributed by atoms with Crippen molar-refractivity contribution in [2.75, 3.05) is 19.7 Å². The van der Waals surface area contributed by atoms with Crippen molar-refractivity contribution < 1.29 is 14.3 Å². The lowest BCUT2D eigenvalue weighted by Crippen LogP contribution is -2.39. The molecule has 1 aliphatic heterocycles. The van der Waals surface area contributed by atoms with Crippen LogP contribution in [-0.4, -0.2) is 37.5 Å². The normalized spacial score (nSPS) is 25.4. The molecule has 2 unspecified atom stereocenters. The number of carbonyl (C=O) groups is 1. The molecule has 2 atom stereocenters. The van der Waals surface area contributed by atoms with Crippen molar-refractivity contribution in [1.29, 1.82) is 0 Å². The van der Waals surface area contributed by atoms with Crippen molar-refractivity contribution in [3.63, 3.8) is 0 Å². The summed E-state index contributed by atoms with van der Waals surface area (Å²) >= 11 is 0. The van der Waals surface area contributed by atoms with Gasteiger partial charge in [0, 0.05) is 19.0 Å². The van der Waals surface area contributed by atoms with Crippen LogP contribution < -0.4 is 11.1 Å². The van der Waals surface area contributed by atoms with Gasteiger partial charge in [-0.25, -0.2) is 0 Å². The smallest absolute Gasteiger partial charge is 0.224 e. The molecule has 0 aliphatic carbocycles. The lowest BCUT2D eigenvalue weighted by Gasteiger charge is -2.18. The third kappa shape index (κ3) is 3.73. The maximum absolute atomic E-state index is 11.6. The number of nitrogens with two attached hydrogens (primary N) is 1. The summed E-state index contributed by atoms with van der Waals surface area (Å²) in [6.07, 6.45) is 0.699. The van der Waals surface area contributed by atoms with Crippen molar-refractivity contribution in [2.45, 2.75) is 39.1 Å². The van der Waals surface area contributed by atoms with Gasteiger partial charge >= 0.3 is 0 Å². The van der Waals surface area contributed by atoms with E-state index in [9.17, 15) is 4.79 Å². The highest BCUT2D eigenvalue weighted by atomic mass is 16.7. The van der Waals surface area contributed by atoms with Gasteiger partial charge in [-0.15, -0.1) is 0 Å². The number of ether oxygens (including phenoxy) is 2. The summed E-state index contributed by atoms with van der Waals surface area (Å²) < 4.78 is 11.0. The predicted molar refractivity (Wildman–Crippen MR) is 60.7 cm³/mol. The third-order valence-corrected chi connectivity index (χ3v) is 2.72. The molecule has 0 aromatic heterocycles. The van der Waals surface area contributed by atoms with Crippen LogP contribution in [0.15, 0.2) is 0 Å². The molecule has 1 heterocycles. The van der Waals surface area contributed by atoms with E-state index in [1.807, 2.05) is 20.8 Å². The predicted octanol–water partition coefficient (Wildman–Crippen LogP) is 0.239. The summed E-state index contributed by atoms with van der Waals surface area (Å²) in [5.41, 5.74) is 5.49. The molecule has 3 N–H and O–H groups in total. The highest BCUT2D eigenvalue weighted by molar-refractivity contribution is 5.78. The summed E-state index contributed by atoms with van der Waals surface area (Å²) in [6, 6.07) is 0. The molecule has 1 fully saturated rings. The SMILES string of the molecule is CCC(CN)C(=O)NCC1COC(C)(C)O1. The van der Waals surface area contributed by atoms with Crippen LogP contribution in [0, 0.1) is 5.92 Å². The molecule has 5 nitrogen and oxygen atoms in total. The van der Waals surface area contributed by atoms with E-state index in [2.05, 4.69) is 5.32 Å². The molecule has 0 saturated carbocycles. The van der Waals surface area contributed by atoms with Gasteiger partial charge in [-0.3, -0.25) is 4.79 Å². The maximum Gasteiger partial charge on any atom is 0.224 e. The first-order chi connectivity index (χ1) is 7.48. The van der Waals surface area contributed by atoms with Crippen LogP contribution in [0.3, 0.4) is 0 Å². The van der Waals surface area contributed by atoms with Crippen molar-refractivity contribution in [1.82, 2.24) is 5.32 Å². The minimum Gasteiger partial charge on any atom is -0.353 e. The van der Waals surface area contributed by atoms with E-state index in [1.54, 1.807) is 0 Å². The number of rotatable bonds is 5. The monoisotopic (exact) mass is 230 g/mol. The first-order valence-electron chi connectivity index (χ1n) is 5.78. The number of hydrogen-bond acceptors (Lipinski definition) is 4. The van der Waals surface area contributed by atoms with Gasteiger partial charge in [-0.2, -0.15) is 0 Å². The first kappa shape index (κ1) is 13.4. The average molecular weight is 230 g/mol. The quantitative estimate of drug-likeness (QED) is 0.709. The van der Waals surface area contributed by atoms with Crippen LogP contribution in [0.2, 0.25) is 0 Å². The molecule has 5 heteroatoms. The average Bonchev–Trinajstić information content (AvgIpc) is 2.57. The van der Waals surface area contributed by atoms with E-state index in [0.717, 1.165) is 6.42 Å². The summed E-state index contributed by atoms with van der Waals surface area (Å²) in [7, 11) is 0. The Morgan fingerprint density at radius 1 is 1.62 bits per heavy atom. The fourth-order valence-corrected chi connectivity index (χ4v) is 1.68. The molecule has 16 heavy (non-hydrogen) atoms. The number of carbonyl (C=O) groups excluding carboxylic acids is 1. The fraction of sp³-hybridized carbons (Fsp3) is 0.909. The molecule has 1 saturated heterocycles. The number of hydrogen-bond donors (Lipinski definition) is 2. The van der Waals surface area contributed by atoms with Gasteiger partial charge in [-0.1, -0.05) is 6.92 Å². The largest absolute Gasteiger partial charge is 0.353 e. The molecular formula is C11H22N2O3. The zero-order valence-corrected chi connectivity index (χ0v) is 10.3. The Balaban J connectivity index is 2.27. The molecule has 0 aromatic rings. The molecule has 0 radical (unpaired) electrons. The summed E-state index contributed by atoms with van der Waals surface area (Å²) in [5, 5.41) is 2.84. The van der Waals surface area contributed by atoms with E-state index < -0.39 is 5.79 Å². The maximum atomic E-state index is 11.6. The Bertz CT molecular complexity index is 239. The highest BCUT2D eigenvalue weighted by Gasteiger charge is 2.32. The lowest BCUT2D eigenvalue weighted by atomic mass is 10.1. The lowest BCUT2D eigenvalue weighted by molar-refractivity contribution is -0.140. The van der Waals surface area contributed by atoms with Crippen molar-refractivity contribution >= 4 is 5.91 Å². The van der Waals surface area contributed by atoms with Gasteiger partial charge in [0.1, 0.15) is 6.10 Å². The van der Waals surface area contributed by atoms with Gasteiger partial charge in [0.05, 0.1) is 6.61 Å². The Morgan fingerprint density at radius 3 is 2.75 bits per heavy atom. The summed E-state index contributed by atoms with van der Waals surface area (Å²) in [6.45, 7) is 7.07. The Kier molecular flexibility index (Phi) is 4.70. The second-order valence-electron chi connectivity index (χ2n) is 4.54. The molecular weight excluding hydrogens is 208 g/mol. The number of amides is 1. The van der Waals surface area contributed by atoms with Gasteiger partial charge in [0.15, 0.2) is 5.79 Å². The fourth-order valence-electron chi connectivity index (χ4n) is 1.68. The second kappa shape index (κ2) is 5.61. The van der Waals surface area contributed by atoms with Crippen molar-refractivity contribution in [3.8, 4) is 0 Å². The highest BCUT2D eigenvalue weighted by Crippen LogP contribution is 2.21. The van der Waals surface area contributed by atoms with Crippen LogP contribution in [-0.2, 0) is 14.3 Å². The molecule has 0 bridgehead atoms. The van der Waals surface area contributed by atoms with Crippen LogP contribution in [0.1, 0.15) is 27.2 Å². The van der Waals surface area contributed by atoms with Crippen molar-refractivity contribution in [3.05, 3.63) is 0 Å². The van der Waals surface area contributed by atoms with Crippen LogP contribution in [0.5, 0.6) is 0 Å². The van der Waals surface area contributed by atoms with Gasteiger partial charge in [-0.05, 0) is 20.3 Å². The topological polar surface area (TPSA) is 73.6 Å². The number of nitrogens with one attached hydrogen (secondary N) is 1. The van der Waals surface area contributed by atoms with E-state index in [4.69, 9.17) is 15.2 Å². The van der Waals surface area contributed by atoms with Crippen molar-refractivity contribution in [2.24, 2.45) is 11.7 Å². The minimum atomic E-state index is -0.534. The summed E-state index contributed by atoms with van der Waals surface area (Å²) in [5.74, 6) is -0.637. The standard InChI is InChI=1S/C11H22N2O3/c1-4-8(5-12)10(14)13-6-9-7-15-11(2,3)16-9/h8-9H,4-7,12H2,1-3H3,(H,13,14). The van der Waals surface area contributed by atoms with Gasteiger partial charge in [0.25, 0.3) is 0 Å². The Hall–Kier alpha value is -0.650. The summed E-state index contributed by atoms with van der Waals surface area (Å²) in [4.78, 5) is 11.6. The van der Waals surface area contributed by atoms with E-state index in [1.165, 1.54) is 0 Å². The zero-order chi connectivity index (χ0) is 12.2.